The highest BCUT2D eigenvalue weighted by atomic mass is 35.5. The molecule has 1 amide bonds. The fraction of sp³-hybridized carbons (Fsp3) is 0.417. The predicted molar refractivity (Wildman–Crippen MR) is 120 cm³/mol. The first-order valence-corrected chi connectivity index (χ1v) is 11.0. The van der Waals surface area contributed by atoms with Crippen LogP contribution in [0.25, 0.3) is 0 Å². The molecular formula is C24H29ClN2O4. The van der Waals surface area contributed by atoms with Gasteiger partial charge in [-0.05, 0) is 87.8 Å². The molecule has 0 aromatic heterocycles. The first-order valence-electron chi connectivity index (χ1n) is 10.7. The molecule has 0 aliphatic carbocycles. The van der Waals surface area contributed by atoms with E-state index >= 15 is 0 Å². The van der Waals surface area contributed by atoms with Crippen molar-refractivity contribution in [3.63, 3.8) is 0 Å². The SMILES string of the molecule is CN1CCCC1.O=C(OCl)c1ccc(COc2ccc(C(=O)N3CCCC3)cc2)cc1. The zero-order valence-electron chi connectivity index (χ0n) is 17.9. The van der Waals surface area contributed by atoms with Gasteiger partial charge in [0.2, 0.25) is 0 Å². The first-order chi connectivity index (χ1) is 15.1. The van der Waals surface area contributed by atoms with E-state index in [1.165, 1.54) is 25.9 Å². The summed E-state index contributed by atoms with van der Waals surface area (Å²) >= 11 is 5.04. The Bertz CT molecular complexity index is 843. The monoisotopic (exact) mass is 444 g/mol. The number of carbonyl (C=O) groups is 2. The van der Waals surface area contributed by atoms with E-state index in [1.807, 2.05) is 4.90 Å². The number of hydrogen-bond acceptors (Lipinski definition) is 5. The Balaban J connectivity index is 0.000000391. The number of rotatable bonds is 5. The topological polar surface area (TPSA) is 59.1 Å². The van der Waals surface area contributed by atoms with Gasteiger partial charge >= 0.3 is 5.97 Å². The normalized spacial score (nSPS) is 15.9. The number of nitrogens with zero attached hydrogens (tertiary/aromatic N) is 2. The van der Waals surface area contributed by atoms with E-state index in [0.29, 0.717) is 23.5 Å². The molecule has 4 rings (SSSR count). The molecule has 7 heteroatoms. The molecule has 0 spiro atoms. The van der Waals surface area contributed by atoms with Crippen LogP contribution in [0.1, 0.15) is 52.0 Å². The van der Waals surface area contributed by atoms with Crippen LogP contribution in [-0.2, 0) is 10.9 Å². The fourth-order valence-corrected chi connectivity index (χ4v) is 3.71. The third kappa shape index (κ3) is 6.97. The maximum absolute atomic E-state index is 12.3. The molecule has 0 radical (unpaired) electrons. The van der Waals surface area contributed by atoms with Crippen molar-refractivity contribution in [2.75, 3.05) is 33.2 Å². The van der Waals surface area contributed by atoms with Crippen LogP contribution in [-0.4, -0.2) is 54.9 Å². The van der Waals surface area contributed by atoms with E-state index in [4.69, 9.17) is 16.6 Å². The van der Waals surface area contributed by atoms with Crippen LogP contribution in [0, 0.1) is 0 Å². The molecule has 0 unspecified atom stereocenters. The molecule has 2 aliphatic heterocycles. The van der Waals surface area contributed by atoms with Gasteiger partial charge in [-0.2, -0.15) is 0 Å². The molecule has 31 heavy (non-hydrogen) atoms. The molecule has 2 saturated heterocycles. The minimum Gasteiger partial charge on any atom is -0.489 e. The maximum Gasteiger partial charge on any atom is 0.356 e. The van der Waals surface area contributed by atoms with Crippen LogP contribution in [0.4, 0.5) is 0 Å². The van der Waals surface area contributed by atoms with Gasteiger partial charge in [-0.25, -0.2) is 4.79 Å². The molecule has 0 bridgehead atoms. The summed E-state index contributed by atoms with van der Waals surface area (Å²) in [5.41, 5.74) is 1.96. The number of ether oxygens (including phenoxy) is 1. The molecule has 166 valence electrons. The Morgan fingerprint density at radius 1 is 0.839 bits per heavy atom. The van der Waals surface area contributed by atoms with Crippen molar-refractivity contribution in [1.29, 1.82) is 0 Å². The third-order valence-corrected chi connectivity index (χ3v) is 5.63. The quantitative estimate of drug-likeness (QED) is 0.678. The number of amides is 1. The number of halogens is 1. The molecule has 2 aliphatic rings. The van der Waals surface area contributed by atoms with Crippen molar-refractivity contribution in [3.05, 3.63) is 65.2 Å². The highest BCUT2D eigenvalue weighted by Gasteiger charge is 2.19. The summed E-state index contributed by atoms with van der Waals surface area (Å²) in [6.45, 7) is 4.67. The summed E-state index contributed by atoms with van der Waals surface area (Å²) < 4.78 is 9.86. The predicted octanol–water partition coefficient (Wildman–Crippen LogP) is 4.52. The number of benzene rings is 2. The average molecular weight is 445 g/mol. The van der Waals surface area contributed by atoms with E-state index in [0.717, 1.165) is 31.5 Å². The van der Waals surface area contributed by atoms with Gasteiger partial charge in [0.1, 0.15) is 24.2 Å². The highest BCUT2D eigenvalue weighted by Crippen LogP contribution is 2.18. The average Bonchev–Trinajstić information content (AvgIpc) is 3.52. The lowest BCUT2D eigenvalue weighted by Crippen LogP contribution is -2.27. The van der Waals surface area contributed by atoms with Crippen molar-refractivity contribution < 1.29 is 18.6 Å². The van der Waals surface area contributed by atoms with Crippen molar-refractivity contribution in [1.82, 2.24) is 9.80 Å². The molecule has 0 atom stereocenters. The van der Waals surface area contributed by atoms with Crippen LogP contribution in [0.3, 0.4) is 0 Å². The Labute approximate surface area is 188 Å². The van der Waals surface area contributed by atoms with Gasteiger partial charge < -0.3 is 18.8 Å². The van der Waals surface area contributed by atoms with Crippen LogP contribution < -0.4 is 4.74 Å². The number of carbonyl (C=O) groups excluding carboxylic acids is 2. The van der Waals surface area contributed by atoms with Gasteiger partial charge in [0.15, 0.2) is 0 Å². The molecule has 2 fully saturated rings. The summed E-state index contributed by atoms with van der Waals surface area (Å²) in [4.78, 5) is 27.8. The van der Waals surface area contributed by atoms with E-state index < -0.39 is 5.97 Å². The van der Waals surface area contributed by atoms with Crippen molar-refractivity contribution in [2.24, 2.45) is 0 Å². The van der Waals surface area contributed by atoms with Crippen molar-refractivity contribution in [2.45, 2.75) is 32.3 Å². The lowest BCUT2D eigenvalue weighted by atomic mass is 10.1. The second kappa shape index (κ2) is 11.7. The minimum absolute atomic E-state index is 0.0748. The van der Waals surface area contributed by atoms with Gasteiger partial charge in [-0.15, -0.1) is 0 Å². The van der Waals surface area contributed by atoms with E-state index in [9.17, 15) is 9.59 Å². The van der Waals surface area contributed by atoms with Gasteiger partial charge in [0, 0.05) is 18.7 Å². The van der Waals surface area contributed by atoms with Crippen LogP contribution in [0.5, 0.6) is 5.75 Å². The second-order valence-electron chi connectivity index (χ2n) is 7.88. The lowest BCUT2D eigenvalue weighted by molar-refractivity contribution is 0.0749. The summed E-state index contributed by atoms with van der Waals surface area (Å²) in [7, 11) is 2.17. The summed E-state index contributed by atoms with van der Waals surface area (Å²) in [5, 5.41) is 0. The summed E-state index contributed by atoms with van der Waals surface area (Å²) in [6.07, 6.45) is 4.98. The van der Waals surface area contributed by atoms with Crippen LogP contribution >= 0.6 is 11.9 Å². The Morgan fingerprint density at radius 2 is 1.39 bits per heavy atom. The molecule has 6 nitrogen and oxygen atoms in total. The van der Waals surface area contributed by atoms with E-state index in [1.54, 1.807) is 48.5 Å². The second-order valence-corrected chi connectivity index (χ2v) is 8.04. The standard InChI is InChI=1S/C19H18ClNO4.C5H11N/c20-25-19(23)16-5-3-14(4-6-16)13-24-17-9-7-15(8-10-17)18(22)21-11-1-2-12-21;1-6-4-2-3-5-6/h3-10H,1-2,11-13H2;2-5H2,1H3. The number of likely N-dealkylation sites (tertiary alicyclic amines) is 2. The summed E-state index contributed by atoms with van der Waals surface area (Å²) in [5.74, 6) is 0.167. The minimum atomic E-state index is -0.590. The third-order valence-electron chi connectivity index (χ3n) is 5.49. The van der Waals surface area contributed by atoms with Gasteiger partial charge in [0.05, 0.1) is 5.56 Å². The van der Waals surface area contributed by atoms with Gasteiger partial charge in [-0.1, -0.05) is 12.1 Å². The first kappa shape index (κ1) is 23.1. The van der Waals surface area contributed by atoms with E-state index in [2.05, 4.69) is 16.2 Å². The van der Waals surface area contributed by atoms with Crippen LogP contribution in [0.2, 0.25) is 0 Å². The van der Waals surface area contributed by atoms with Crippen molar-refractivity contribution in [3.8, 4) is 5.75 Å². The fourth-order valence-electron chi connectivity index (χ4n) is 3.62. The molecule has 0 N–H and O–H groups in total. The Kier molecular flexibility index (Phi) is 8.74. The Morgan fingerprint density at radius 3 is 1.90 bits per heavy atom. The number of hydrogen-bond donors (Lipinski definition) is 0. The summed E-state index contributed by atoms with van der Waals surface area (Å²) in [6, 6.07) is 14.0. The molecule has 2 heterocycles. The Hall–Kier alpha value is -2.57. The largest absolute Gasteiger partial charge is 0.489 e. The highest BCUT2D eigenvalue weighted by molar-refractivity contribution is 6.15. The molecular weight excluding hydrogens is 416 g/mol. The maximum atomic E-state index is 12.3. The zero-order valence-corrected chi connectivity index (χ0v) is 18.6. The zero-order chi connectivity index (χ0) is 22.1. The van der Waals surface area contributed by atoms with Gasteiger partial charge in [-0.3, -0.25) is 4.79 Å². The van der Waals surface area contributed by atoms with Gasteiger partial charge in [0.25, 0.3) is 5.91 Å². The molecule has 2 aromatic rings. The molecule has 2 aromatic carbocycles. The van der Waals surface area contributed by atoms with E-state index in [-0.39, 0.29) is 5.91 Å². The van der Waals surface area contributed by atoms with Crippen LogP contribution in [0.15, 0.2) is 48.5 Å². The molecule has 0 saturated carbocycles. The lowest BCUT2D eigenvalue weighted by Gasteiger charge is -2.15. The van der Waals surface area contributed by atoms with Crippen molar-refractivity contribution >= 4 is 23.7 Å². The smallest absolute Gasteiger partial charge is 0.356 e.